The molecule has 2 aromatic rings. The maximum Gasteiger partial charge on any atom is 0.213 e. The fourth-order valence-corrected chi connectivity index (χ4v) is 4.07. The largest absolute Gasteiger partial charge is 0.370 e. The molecule has 1 atom stereocenters. The summed E-state index contributed by atoms with van der Waals surface area (Å²) in [5.41, 5.74) is 1.94. The van der Waals surface area contributed by atoms with Gasteiger partial charge in [-0.05, 0) is 12.5 Å². The van der Waals surface area contributed by atoms with Gasteiger partial charge in [0.15, 0.2) is 5.96 Å². The number of nitrogens with one attached hydrogen (secondary N) is 2. The molecule has 10 heteroatoms. The van der Waals surface area contributed by atoms with E-state index in [0.29, 0.717) is 32.2 Å². The molecular formula is C20H30N6O3S. The van der Waals surface area contributed by atoms with Crippen LogP contribution in [0.2, 0.25) is 0 Å². The Balaban J connectivity index is 1.56. The molecule has 1 unspecified atom stereocenters. The Morgan fingerprint density at radius 1 is 1.33 bits per heavy atom. The van der Waals surface area contributed by atoms with Crippen LogP contribution in [-0.2, 0) is 28.4 Å². The van der Waals surface area contributed by atoms with Gasteiger partial charge in [-0.1, -0.05) is 30.3 Å². The number of aryl methyl sites for hydroxylation is 1. The Morgan fingerprint density at radius 2 is 2.13 bits per heavy atom. The normalized spacial score (nSPS) is 17.9. The lowest BCUT2D eigenvalue weighted by Crippen LogP contribution is -2.48. The van der Waals surface area contributed by atoms with Crippen LogP contribution in [0, 0.1) is 0 Å². The first-order valence-electron chi connectivity index (χ1n) is 10.1. The monoisotopic (exact) mass is 434 g/mol. The molecule has 0 saturated carbocycles. The van der Waals surface area contributed by atoms with Crippen molar-refractivity contribution in [3.8, 4) is 0 Å². The average molecular weight is 435 g/mol. The fraction of sp³-hybridized carbons (Fsp3) is 0.500. The van der Waals surface area contributed by atoms with Gasteiger partial charge in [0.25, 0.3) is 0 Å². The Kier molecular flexibility index (Phi) is 7.83. The summed E-state index contributed by atoms with van der Waals surface area (Å²) in [5.74, 6) is 0.637. The van der Waals surface area contributed by atoms with E-state index in [1.165, 1.54) is 0 Å². The highest BCUT2D eigenvalue weighted by molar-refractivity contribution is 7.89. The molecule has 1 aromatic heterocycles. The van der Waals surface area contributed by atoms with Crippen molar-refractivity contribution in [3.05, 3.63) is 53.9 Å². The van der Waals surface area contributed by atoms with E-state index in [9.17, 15) is 8.42 Å². The number of morpholine rings is 1. The summed E-state index contributed by atoms with van der Waals surface area (Å²) in [6, 6.07) is 9.46. The van der Waals surface area contributed by atoms with Crippen LogP contribution in [-0.4, -0.2) is 67.6 Å². The zero-order chi connectivity index (χ0) is 21.4. The summed E-state index contributed by atoms with van der Waals surface area (Å²) in [7, 11) is -1.53. The van der Waals surface area contributed by atoms with Gasteiger partial charge in [-0.3, -0.25) is 9.67 Å². The quantitative estimate of drug-likeness (QED) is 0.473. The Hall–Kier alpha value is -2.43. The van der Waals surface area contributed by atoms with Crippen LogP contribution < -0.4 is 10.0 Å². The van der Waals surface area contributed by atoms with Crippen molar-refractivity contribution >= 4 is 16.0 Å². The third kappa shape index (κ3) is 6.54. The third-order valence-electron chi connectivity index (χ3n) is 4.76. The highest BCUT2D eigenvalue weighted by atomic mass is 32.2. The van der Waals surface area contributed by atoms with E-state index in [0.717, 1.165) is 11.1 Å². The summed E-state index contributed by atoms with van der Waals surface area (Å²) in [6.07, 6.45) is 3.67. The summed E-state index contributed by atoms with van der Waals surface area (Å²) < 4.78 is 34.9. The molecule has 30 heavy (non-hydrogen) atoms. The number of aromatic nitrogens is 2. The van der Waals surface area contributed by atoms with Gasteiger partial charge in [0.1, 0.15) is 6.10 Å². The summed E-state index contributed by atoms with van der Waals surface area (Å²) in [6.45, 7) is 5.06. The number of hydrogen-bond donors (Lipinski definition) is 2. The third-order valence-corrected chi connectivity index (χ3v) is 6.06. The van der Waals surface area contributed by atoms with E-state index in [1.54, 1.807) is 4.68 Å². The van der Waals surface area contributed by atoms with Crippen LogP contribution in [0.15, 0.2) is 47.7 Å². The lowest BCUT2D eigenvalue weighted by Gasteiger charge is -2.34. The molecule has 1 aromatic carbocycles. The minimum absolute atomic E-state index is 0.0644. The number of aliphatic imine (C=N–C) groups is 1. The SMILES string of the molecule is CCNC(=NCCS(=O)(=O)NCc1ccccc1)N1CCOC(c2cnn(C)c2)C1. The molecule has 9 nitrogen and oxygen atoms in total. The molecule has 2 heterocycles. The van der Waals surface area contributed by atoms with E-state index in [-0.39, 0.29) is 24.9 Å². The first-order chi connectivity index (χ1) is 14.5. The van der Waals surface area contributed by atoms with Crippen molar-refractivity contribution in [1.82, 2.24) is 24.7 Å². The minimum Gasteiger partial charge on any atom is -0.370 e. The van der Waals surface area contributed by atoms with Crippen molar-refractivity contribution in [2.75, 3.05) is 38.5 Å². The number of hydrogen-bond acceptors (Lipinski definition) is 5. The predicted octanol–water partition coefficient (Wildman–Crippen LogP) is 0.879. The number of ether oxygens (including phenoxy) is 1. The van der Waals surface area contributed by atoms with Crippen molar-refractivity contribution < 1.29 is 13.2 Å². The smallest absolute Gasteiger partial charge is 0.213 e. The number of nitrogens with zero attached hydrogens (tertiary/aromatic N) is 4. The van der Waals surface area contributed by atoms with Gasteiger partial charge in [0.05, 0.1) is 31.6 Å². The topological polar surface area (TPSA) is 101 Å². The Morgan fingerprint density at radius 3 is 2.83 bits per heavy atom. The zero-order valence-corrected chi connectivity index (χ0v) is 18.3. The van der Waals surface area contributed by atoms with Gasteiger partial charge >= 0.3 is 0 Å². The highest BCUT2D eigenvalue weighted by Gasteiger charge is 2.25. The molecule has 3 rings (SSSR count). The minimum atomic E-state index is -3.41. The van der Waals surface area contributed by atoms with Gasteiger partial charge in [-0.25, -0.2) is 13.1 Å². The molecule has 164 valence electrons. The molecule has 0 amide bonds. The molecule has 0 spiro atoms. The van der Waals surface area contributed by atoms with Gasteiger partial charge in [0, 0.05) is 38.4 Å². The number of guanidine groups is 1. The molecule has 1 saturated heterocycles. The molecule has 1 fully saturated rings. The van der Waals surface area contributed by atoms with Crippen LogP contribution in [0.5, 0.6) is 0 Å². The highest BCUT2D eigenvalue weighted by Crippen LogP contribution is 2.21. The van der Waals surface area contributed by atoms with Crippen LogP contribution in [0.25, 0.3) is 0 Å². The van der Waals surface area contributed by atoms with Crippen molar-refractivity contribution in [1.29, 1.82) is 0 Å². The summed E-state index contributed by atoms with van der Waals surface area (Å²) >= 11 is 0. The lowest BCUT2D eigenvalue weighted by molar-refractivity contribution is -0.00802. The van der Waals surface area contributed by atoms with E-state index >= 15 is 0 Å². The van der Waals surface area contributed by atoms with Crippen molar-refractivity contribution in [2.45, 2.75) is 19.6 Å². The second-order valence-electron chi connectivity index (χ2n) is 7.11. The molecule has 0 aliphatic carbocycles. The number of rotatable bonds is 8. The van der Waals surface area contributed by atoms with E-state index in [4.69, 9.17) is 4.74 Å². The standard InChI is InChI=1S/C20H30N6O3S/c1-3-21-20(26-10-11-29-19(16-26)18-14-23-25(2)15-18)22-9-12-30(27,28)24-13-17-7-5-4-6-8-17/h4-8,14-15,19,24H,3,9-13,16H2,1-2H3,(H,21,22). The van der Waals surface area contributed by atoms with Crippen LogP contribution in [0.4, 0.5) is 0 Å². The Labute approximate surface area is 178 Å². The van der Waals surface area contributed by atoms with Crippen molar-refractivity contribution in [2.24, 2.45) is 12.0 Å². The molecule has 2 N–H and O–H groups in total. The first-order valence-corrected chi connectivity index (χ1v) is 11.8. The summed E-state index contributed by atoms with van der Waals surface area (Å²) in [5, 5.41) is 7.47. The number of benzene rings is 1. The second kappa shape index (κ2) is 10.6. The number of sulfonamides is 1. The van der Waals surface area contributed by atoms with E-state index in [2.05, 4.69) is 25.0 Å². The molecule has 0 bridgehead atoms. The van der Waals surface area contributed by atoms with Crippen molar-refractivity contribution in [3.63, 3.8) is 0 Å². The fourth-order valence-electron chi connectivity index (χ4n) is 3.21. The van der Waals surface area contributed by atoms with Gasteiger partial charge in [-0.2, -0.15) is 5.10 Å². The average Bonchev–Trinajstić information content (AvgIpc) is 3.19. The first kappa shape index (κ1) is 22.3. The summed E-state index contributed by atoms with van der Waals surface area (Å²) in [4.78, 5) is 6.65. The second-order valence-corrected chi connectivity index (χ2v) is 9.04. The molecule has 1 aliphatic heterocycles. The van der Waals surface area contributed by atoms with E-state index in [1.807, 2.05) is 56.7 Å². The van der Waals surface area contributed by atoms with Crippen LogP contribution in [0.3, 0.4) is 0 Å². The van der Waals surface area contributed by atoms with Crippen LogP contribution in [0.1, 0.15) is 24.2 Å². The molecule has 1 aliphatic rings. The van der Waals surface area contributed by atoms with Gasteiger partial charge < -0.3 is 15.0 Å². The van der Waals surface area contributed by atoms with Crippen LogP contribution >= 0.6 is 0 Å². The van der Waals surface area contributed by atoms with Gasteiger partial charge in [0.2, 0.25) is 10.0 Å². The maximum absolute atomic E-state index is 12.3. The predicted molar refractivity (Wildman–Crippen MR) is 117 cm³/mol. The lowest BCUT2D eigenvalue weighted by atomic mass is 10.1. The maximum atomic E-state index is 12.3. The molecular weight excluding hydrogens is 404 g/mol. The van der Waals surface area contributed by atoms with Gasteiger partial charge in [-0.15, -0.1) is 0 Å². The zero-order valence-electron chi connectivity index (χ0n) is 17.5. The molecule has 0 radical (unpaired) electrons. The Bertz CT molecular complexity index is 929. The van der Waals surface area contributed by atoms with E-state index < -0.39 is 10.0 Å².